The largest absolute Gasteiger partial charge is 0.304 e. The Balaban J connectivity index is 1.98. The zero-order valence-corrected chi connectivity index (χ0v) is 10.9. The highest BCUT2D eigenvalue weighted by atomic mass is 79.9. The van der Waals surface area contributed by atoms with Gasteiger partial charge in [-0.15, -0.1) is 0 Å². The third-order valence-electron chi connectivity index (χ3n) is 3.61. The molecule has 0 atom stereocenters. The van der Waals surface area contributed by atoms with Gasteiger partial charge in [-0.05, 0) is 46.8 Å². The topological polar surface area (TPSA) is 37.4 Å². The lowest BCUT2D eigenvalue weighted by Crippen LogP contribution is -2.36. The van der Waals surface area contributed by atoms with E-state index in [0.29, 0.717) is 22.5 Å². The molecule has 0 N–H and O–H groups in total. The number of Topliss-reactive ketones (excluding diaryl/α,β-unsaturated/α-hetero) is 1. The fraction of sp³-hybridized carbons (Fsp3) is 0.385. The lowest BCUT2D eigenvalue weighted by atomic mass is 9.85. The van der Waals surface area contributed by atoms with E-state index in [1.54, 1.807) is 11.0 Å². The van der Waals surface area contributed by atoms with Crippen LogP contribution in [0.4, 0.5) is 5.69 Å². The summed E-state index contributed by atoms with van der Waals surface area (Å²) in [6, 6.07) is 5.51. The number of anilines is 1. The quantitative estimate of drug-likeness (QED) is 0.787. The van der Waals surface area contributed by atoms with E-state index in [1.807, 2.05) is 12.1 Å². The Morgan fingerprint density at radius 1 is 1.29 bits per heavy atom. The molecule has 1 aromatic carbocycles. The number of carbonyl (C=O) groups excluding carboxylic acids is 2. The second-order valence-corrected chi connectivity index (χ2v) is 5.53. The van der Waals surface area contributed by atoms with Crippen LogP contribution in [0.3, 0.4) is 0 Å². The molecule has 1 amide bonds. The number of hydrogen-bond acceptors (Lipinski definition) is 2. The van der Waals surface area contributed by atoms with Crippen molar-refractivity contribution in [2.24, 2.45) is 5.92 Å². The Kier molecular flexibility index (Phi) is 2.54. The van der Waals surface area contributed by atoms with Crippen LogP contribution in [0, 0.1) is 5.92 Å². The molecule has 3 rings (SSSR count). The standard InChI is InChI=1S/C13H12BrNO2/c14-9-5-2-6-10-11(9)12(16)13(17)15(10)7-8-3-1-4-8/h2,5-6,8H,1,3-4,7H2. The van der Waals surface area contributed by atoms with Crippen molar-refractivity contribution in [3.8, 4) is 0 Å². The molecular formula is C13H12BrNO2. The Morgan fingerprint density at radius 2 is 2.06 bits per heavy atom. The van der Waals surface area contributed by atoms with E-state index in [1.165, 1.54) is 19.3 Å². The summed E-state index contributed by atoms with van der Waals surface area (Å²) >= 11 is 3.34. The van der Waals surface area contributed by atoms with Crippen LogP contribution in [0.1, 0.15) is 29.6 Å². The first-order valence-electron chi connectivity index (χ1n) is 5.83. The van der Waals surface area contributed by atoms with Crippen molar-refractivity contribution in [2.45, 2.75) is 19.3 Å². The number of fused-ring (bicyclic) bond motifs is 1. The highest BCUT2D eigenvalue weighted by Crippen LogP contribution is 2.37. The second-order valence-electron chi connectivity index (χ2n) is 4.68. The molecule has 0 unspecified atom stereocenters. The van der Waals surface area contributed by atoms with E-state index in [0.717, 1.165) is 5.69 Å². The van der Waals surface area contributed by atoms with E-state index in [9.17, 15) is 9.59 Å². The van der Waals surface area contributed by atoms with Gasteiger partial charge in [-0.25, -0.2) is 0 Å². The summed E-state index contributed by atoms with van der Waals surface area (Å²) in [5.74, 6) is -0.192. The maximum atomic E-state index is 11.9. The van der Waals surface area contributed by atoms with Gasteiger partial charge < -0.3 is 4.90 Å². The van der Waals surface area contributed by atoms with Crippen molar-refractivity contribution < 1.29 is 9.59 Å². The van der Waals surface area contributed by atoms with Crippen molar-refractivity contribution in [3.63, 3.8) is 0 Å². The minimum Gasteiger partial charge on any atom is -0.304 e. The van der Waals surface area contributed by atoms with Crippen molar-refractivity contribution in [3.05, 3.63) is 28.2 Å². The van der Waals surface area contributed by atoms with Crippen molar-refractivity contribution in [2.75, 3.05) is 11.4 Å². The normalized spacial score (nSPS) is 19.5. The molecule has 1 aromatic rings. The summed E-state index contributed by atoms with van der Waals surface area (Å²) < 4.78 is 0.712. The number of halogens is 1. The summed E-state index contributed by atoms with van der Waals surface area (Å²) in [4.78, 5) is 25.5. The number of nitrogens with zero attached hydrogens (tertiary/aromatic N) is 1. The van der Waals surface area contributed by atoms with Gasteiger partial charge in [0.05, 0.1) is 11.3 Å². The Hall–Kier alpha value is -1.16. The molecule has 0 aromatic heterocycles. The monoisotopic (exact) mass is 293 g/mol. The first-order chi connectivity index (χ1) is 8.18. The van der Waals surface area contributed by atoms with E-state index < -0.39 is 0 Å². The van der Waals surface area contributed by atoms with Crippen LogP contribution in [0.15, 0.2) is 22.7 Å². The molecule has 0 saturated heterocycles. The zero-order valence-electron chi connectivity index (χ0n) is 9.28. The first-order valence-corrected chi connectivity index (χ1v) is 6.62. The number of ketones is 1. The van der Waals surface area contributed by atoms with Gasteiger partial charge >= 0.3 is 0 Å². The predicted molar refractivity (Wildman–Crippen MR) is 68.2 cm³/mol. The fourth-order valence-corrected chi connectivity index (χ4v) is 2.95. The molecular weight excluding hydrogens is 282 g/mol. The van der Waals surface area contributed by atoms with Gasteiger partial charge in [-0.3, -0.25) is 9.59 Å². The van der Waals surface area contributed by atoms with Gasteiger partial charge in [0.2, 0.25) is 0 Å². The maximum Gasteiger partial charge on any atom is 0.299 e. The van der Waals surface area contributed by atoms with Gasteiger partial charge in [-0.2, -0.15) is 0 Å². The Labute approximate surface area is 108 Å². The molecule has 88 valence electrons. The van der Waals surface area contributed by atoms with E-state index >= 15 is 0 Å². The fourth-order valence-electron chi connectivity index (χ4n) is 2.42. The Bertz CT molecular complexity index is 508. The minimum atomic E-state index is -0.383. The molecule has 0 spiro atoms. The lowest BCUT2D eigenvalue weighted by molar-refractivity contribution is -0.114. The van der Waals surface area contributed by atoms with Crippen molar-refractivity contribution >= 4 is 33.3 Å². The summed E-state index contributed by atoms with van der Waals surface area (Å²) in [5, 5.41) is 0. The number of benzene rings is 1. The van der Waals surface area contributed by atoms with Crippen molar-refractivity contribution in [1.82, 2.24) is 0 Å². The Morgan fingerprint density at radius 3 is 2.71 bits per heavy atom. The van der Waals surface area contributed by atoms with Crippen LogP contribution in [0.25, 0.3) is 0 Å². The highest BCUT2D eigenvalue weighted by molar-refractivity contribution is 9.10. The number of hydrogen-bond donors (Lipinski definition) is 0. The molecule has 0 radical (unpaired) electrons. The lowest BCUT2D eigenvalue weighted by Gasteiger charge is -2.29. The second kappa shape index (κ2) is 3.95. The predicted octanol–water partition coefficient (Wildman–Crippen LogP) is 2.78. The van der Waals surface area contributed by atoms with Crippen LogP contribution < -0.4 is 4.90 Å². The SMILES string of the molecule is O=C1C(=O)N(CC2CCC2)c2cccc(Br)c21. The number of carbonyl (C=O) groups is 2. The molecule has 1 aliphatic heterocycles. The molecule has 3 nitrogen and oxygen atoms in total. The van der Waals surface area contributed by atoms with Crippen LogP contribution in [-0.4, -0.2) is 18.2 Å². The molecule has 0 bridgehead atoms. The van der Waals surface area contributed by atoms with Crippen LogP contribution in [-0.2, 0) is 4.79 Å². The summed E-state index contributed by atoms with van der Waals surface area (Å²) in [5.41, 5.74) is 1.29. The van der Waals surface area contributed by atoms with E-state index in [2.05, 4.69) is 15.9 Å². The zero-order chi connectivity index (χ0) is 12.0. The van der Waals surface area contributed by atoms with E-state index in [4.69, 9.17) is 0 Å². The first kappa shape index (κ1) is 11.0. The average Bonchev–Trinajstić information content (AvgIpc) is 2.48. The van der Waals surface area contributed by atoms with E-state index in [-0.39, 0.29) is 11.7 Å². The molecule has 1 saturated carbocycles. The maximum absolute atomic E-state index is 11.9. The molecule has 1 aliphatic carbocycles. The molecule has 1 heterocycles. The van der Waals surface area contributed by atoms with Gasteiger partial charge in [-0.1, -0.05) is 12.5 Å². The molecule has 17 heavy (non-hydrogen) atoms. The summed E-state index contributed by atoms with van der Waals surface area (Å²) in [7, 11) is 0. The van der Waals surface area contributed by atoms with Gasteiger partial charge in [0, 0.05) is 11.0 Å². The van der Waals surface area contributed by atoms with Gasteiger partial charge in [0.1, 0.15) is 0 Å². The molecule has 1 fully saturated rings. The summed E-state index contributed by atoms with van der Waals surface area (Å²) in [6.07, 6.45) is 3.58. The minimum absolute atomic E-state index is 0.376. The van der Waals surface area contributed by atoms with Crippen molar-refractivity contribution in [1.29, 1.82) is 0 Å². The van der Waals surface area contributed by atoms with Crippen LogP contribution >= 0.6 is 15.9 Å². The third-order valence-corrected chi connectivity index (χ3v) is 4.28. The average molecular weight is 294 g/mol. The third kappa shape index (κ3) is 1.62. The number of rotatable bonds is 2. The van der Waals surface area contributed by atoms with Crippen LogP contribution in [0.2, 0.25) is 0 Å². The number of amides is 1. The van der Waals surface area contributed by atoms with Gasteiger partial charge in [0.15, 0.2) is 0 Å². The smallest absolute Gasteiger partial charge is 0.299 e. The summed E-state index contributed by atoms with van der Waals surface area (Å²) in [6.45, 7) is 0.689. The van der Waals surface area contributed by atoms with Gasteiger partial charge in [0.25, 0.3) is 11.7 Å². The molecule has 2 aliphatic rings. The van der Waals surface area contributed by atoms with Crippen LogP contribution in [0.5, 0.6) is 0 Å². The highest BCUT2D eigenvalue weighted by Gasteiger charge is 2.38. The molecule has 4 heteroatoms.